The molecule has 4 N–H and O–H groups in total. The maximum absolute atomic E-state index is 6.14. The van der Waals surface area contributed by atoms with Crippen LogP contribution in [-0.2, 0) is 12.8 Å². The normalized spacial score (nSPS) is 12.4. The first kappa shape index (κ1) is 14.1. The van der Waals surface area contributed by atoms with Crippen LogP contribution in [0.2, 0.25) is 10.0 Å². The molecule has 0 spiro atoms. The van der Waals surface area contributed by atoms with E-state index in [0.29, 0.717) is 28.7 Å². The van der Waals surface area contributed by atoms with Crippen LogP contribution in [0.5, 0.6) is 0 Å². The first-order chi connectivity index (χ1) is 9.06. The zero-order valence-electron chi connectivity index (χ0n) is 10.3. The number of nitrogens with zero attached hydrogens (tertiary/aromatic N) is 1. The van der Waals surface area contributed by atoms with Gasteiger partial charge in [0.05, 0.1) is 0 Å². The Morgan fingerprint density at radius 3 is 2.53 bits per heavy atom. The molecule has 0 fully saturated rings. The van der Waals surface area contributed by atoms with Gasteiger partial charge in [0.2, 0.25) is 0 Å². The number of pyridine rings is 1. The van der Waals surface area contributed by atoms with E-state index in [9.17, 15) is 0 Å². The van der Waals surface area contributed by atoms with Crippen LogP contribution in [0.4, 0.5) is 5.82 Å². The van der Waals surface area contributed by atoms with E-state index in [4.69, 9.17) is 34.7 Å². The van der Waals surface area contributed by atoms with Gasteiger partial charge in [0, 0.05) is 22.3 Å². The molecule has 1 aromatic carbocycles. The molecule has 1 aromatic heterocycles. The number of nitrogens with two attached hydrogens (primary N) is 2. The van der Waals surface area contributed by atoms with Crippen molar-refractivity contribution in [2.45, 2.75) is 18.9 Å². The summed E-state index contributed by atoms with van der Waals surface area (Å²) in [5, 5.41) is 1.26. The Balaban J connectivity index is 2.05. The highest BCUT2D eigenvalue weighted by molar-refractivity contribution is 6.35. The molecule has 2 aromatic rings. The summed E-state index contributed by atoms with van der Waals surface area (Å²) in [6.45, 7) is 0. The SMILES string of the molecule is Nc1ncccc1CC(N)Cc1ccc(Cl)cc1Cl. The number of nitrogen functional groups attached to an aromatic ring is 1. The summed E-state index contributed by atoms with van der Waals surface area (Å²) >= 11 is 12.0. The van der Waals surface area contributed by atoms with Crippen LogP contribution in [0.3, 0.4) is 0 Å². The second kappa shape index (κ2) is 6.24. The molecule has 0 amide bonds. The molecule has 0 saturated heterocycles. The third-order valence-electron chi connectivity index (χ3n) is 2.91. The van der Waals surface area contributed by atoms with E-state index < -0.39 is 0 Å². The Morgan fingerprint density at radius 1 is 1.11 bits per heavy atom. The molecule has 1 unspecified atom stereocenters. The first-order valence-corrected chi connectivity index (χ1v) is 6.70. The summed E-state index contributed by atoms with van der Waals surface area (Å²) in [4.78, 5) is 4.05. The molecule has 2 rings (SSSR count). The molecule has 3 nitrogen and oxygen atoms in total. The van der Waals surface area contributed by atoms with E-state index in [0.717, 1.165) is 11.1 Å². The summed E-state index contributed by atoms with van der Waals surface area (Å²) in [5.41, 5.74) is 13.9. The molecule has 0 saturated carbocycles. The predicted molar refractivity (Wildman–Crippen MR) is 80.5 cm³/mol. The Hall–Kier alpha value is -1.29. The van der Waals surface area contributed by atoms with Crippen molar-refractivity contribution in [2.24, 2.45) is 5.73 Å². The van der Waals surface area contributed by atoms with Crippen molar-refractivity contribution < 1.29 is 0 Å². The number of hydrogen-bond acceptors (Lipinski definition) is 3. The van der Waals surface area contributed by atoms with Gasteiger partial charge >= 0.3 is 0 Å². The highest BCUT2D eigenvalue weighted by atomic mass is 35.5. The van der Waals surface area contributed by atoms with Gasteiger partial charge in [-0.3, -0.25) is 0 Å². The lowest BCUT2D eigenvalue weighted by molar-refractivity contribution is 0.665. The maximum atomic E-state index is 6.14. The Morgan fingerprint density at radius 2 is 1.84 bits per heavy atom. The molecule has 100 valence electrons. The van der Waals surface area contributed by atoms with Crippen LogP contribution >= 0.6 is 23.2 Å². The molecular formula is C14H15Cl2N3. The molecule has 0 aliphatic rings. The predicted octanol–water partition coefficient (Wildman–Crippen LogP) is 3.08. The summed E-state index contributed by atoms with van der Waals surface area (Å²) in [5.74, 6) is 0.528. The number of halogens is 2. The third-order valence-corrected chi connectivity index (χ3v) is 3.49. The topological polar surface area (TPSA) is 64.9 Å². The number of aromatic nitrogens is 1. The summed E-state index contributed by atoms with van der Waals surface area (Å²) in [6.07, 6.45) is 3.00. The zero-order chi connectivity index (χ0) is 13.8. The fraction of sp³-hybridized carbons (Fsp3) is 0.214. The van der Waals surface area contributed by atoms with Gasteiger partial charge < -0.3 is 11.5 Å². The van der Waals surface area contributed by atoms with E-state index in [1.807, 2.05) is 24.3 Å². The van der Waals surface area contributed by atoms with E-state index in [1.54, 1.807) is 12.3 Å². The van der Waals surface area contributed by atoms with Crippen LogP contribution in [0.1, 0.15) is 11.1 Å². The van der Waals surface area contributed by atoms with E-state index in [2.05, 4.69) is 4.98 Å². The number of benzene rings is 1. The highest BCUT2D eigenvalue weighted by Crippen LogP contribution is 2.22. The number of rotatable bonds is 4. The van der Waals surface area contributed by atoms with Crippen molar-refractivity contribution in [3.8, 4) is 0 Å². The molecule has 5 heteroatoms. The average molecular weight is 296 g/mol. The lowest BCUT2D eigenvalue weighted by Gasteiger charge is -2.14. The fourth-order valence-electron chi connectivity index (χ4n) is 1.95. The molecular weight excluding hydrogens is 281 g/mol. The van der Waals surface area contributed by atoms with Crippen molar-refractivity contribution in [1.29, 1.82) is 0 Å². The van der Waals surface area contributed by atoms with Gasteiger partial charge in [0.25, 0.3) is 0 Å². The number of hydrogen-bond donors (Lipinski definition) is 2. The molecule has 0 bridgehead atoms. The average Bonchev–Trinajstić information content (AvgIpc) is 2.36. The molecule has 0 aliphatic carbocycles. The highest BCUT2D eigenvalue weighted by Gasteiger charge is 2.10. The Labute approximate surface area is 122 Å². The smallest absolute Gasteiger partial charge is 0.126 e. The minimum Gasteiger partial charge on any atom is -0.383 e. The summed E-state index contributed by atoms with van der Waals surface area (Å²) in [7, 11) is 0. The molecule has 19 heavy (non-hydrogen) atoms. The van der Waals surface area contributed by atoms with Crippen LogP contribution in [0, 0.1) is 0 Å². The number of anilines is 1. The summed E-state index contributed by atoms with van der Waals surface area (Å²) in [6, 6.07) is 9.17. The lowest BCUT2D eigenvalue weighted by Crippen LogP contribution is -2.26. The minimum atomic E-state index is -0.0647. The van der Waals surface area contributed by atoms with Gasteiger partial charge in [-0.05, 0) is 42.2 Å². The first-order valence-electron chi connectivity index (χ1n) is 5.95. The van der Waals surface area contributed by atoms with E-state index >= 15 is 0 Å². The quantitative estimate of drug-likeness (QED) is 0.911. The van der Waals surface area contributed by atoms with Crippen LogP contribution < -0.4 is 11.5 Å². The Bertz CT molecular complexity index is 572. The van der Waals surface area contributed by atoms with Crippen molar-refractivity contribution in [3.63, 3.8) is 0 Å². The monoisotopic (exact) mass is 295 g/mol. The standard InChI is InChI=1S/C14H15Cl2N3/c15-11-4-3-9(13(16)8-11)6-12(17)7-10-2-1-5-19-14(10)18/h1-5,8,12H,6-7,17H2,(H2,18,19). The van der Waals surface area contributed by atoms with Crippen molar-refractivity contribution in [2.75, 3.05) is 5.73 Å². The third kappa shape index (κ3) is 3.83. The van der Waals surface area contributed by atoms with E-state index in [-0.39, 0.29) is 6.04 Å². The lowest BCUT2D eigenvalue weighted by atomic mass is 10.00. The largest absolute Gasteiger partial charge is 0.383 e. The van der Waals surface area contributed by atoms with Gasteiger partial charge in [-0.25, -0.2) is 4.98 Å². The van der Waals surface area contributed by atoms with Gasteiger partial charge in [0.1, 0.15) is 5.82 Å². The zero-order valence-corrected chi connectivity index (χ0v) is 11.8. The molecule has 1 atom stereocenters. The second-order valence-corrected chi connectivity index (χ2v) is 5.30. The van der Waals surface area contributed by atoms with Crippen LogP contribution in [0.15, 0.2) is 36.5 Å². The van der Waals surface area contributed by atoms with Gasteiger partial charge in [0.15, 0.2) is 0 Å². The molecule has 0 radical (unpaired) electrons. The Kier molecular flexibility index (Phi) is 4.64. The van der Waals surface area contributed by atoms with E-state index in [1.165, 1.54) is 0 Å². The minimum absolute atomic E-state index is 0.0647. The van der Waals surface area contributed by atoms with Crippen molar-refractivity contribution in [1.82, 2.24) is 4.98 Å². The van der Waals surface area contributed by atoms with Crippen LogP contribution in [-0.4, -0.2) is 11.0 Å². The second-order valence-electron chi connectivity index (χ2n) is 4.45. The summed E-state index contributed by atoms with van der Waals surface area (Å²) < 4.78 is 0. The van der Waals surface area contributed by atoms with Crippen LogP contribution in [0.25, 0.3) is 0 Å². The fourth-order valence-corrected chi connectivity index (χ4v) is 2.43. The van der Waals surface area contributed by atoms with Gasteiger partial charge in [-0.1, -0.05) is 35.3 Å². The maximum Gasteiger partial charge on any atom is 0.126 e. The van der Waals surface area contributed by atoms with Gasteiger partial charge in [-0.2, -0.15) is 0 Å². The van der Waals surface area contributed by atoms with Crippen molar-refractivity contribution >= 4 is 29.0 Å². The van der Waals surface area contributed by atoms with Gasteiger partial charge in [-0.15, -0.1) is 0 Å². The molecule has 1 heterocycles. The molecule has 0 aliphatic heterocycles. The van der Waals surface area contributed by atoms with Crippen molar-refractivity contribution in [3.05, 3.63) is 57.7 Å².